The third-order valence-corrected chi connectivity index (χ3v) is 4.11. The van der Waals surface area contributed by atoms with Gasteiger partial charge in [-0.1, -0.05) is 11.6 Å². The van der Waals surface area contributed by atoms with Crippen LogP contribution in [0, 0.1) is 13.8 Å². The van der Waals surface area contributed by atoms with Gasteiger partial charge in [-0.2, -0.15) is 13.9 Å². The van der Waals surface area contributed by atoms with E-state index >= 15 is 0 Å². The van der Waals surface area contributed by atoms with Crippen molar-refractivity contribution in [1.82, 2.24) is 14.8 Å². The zero-order valence-corrected chi connectivity index (χ0v) is 13.8. The molecule has 0 radical (unpaired) electrons. The van der Waals surface area contributed by atoms with Crippen molar-refractivity contribution in [2.75, 3.05) is 0 Å². The monoisotopic (exact) mass is 363 g/mol. The molecule has 0 amide bonds. The van der Waals surface area contributed by atoms with Gasteiger partial charge in [-0.15, -0.1) is 0 Å². The second-order valence-electron chi connectivity index (χ2n) is 4.74. The van der Waals surface area contributed by atoms with Gasteiger partial charge in [0, 0.05) is 14.0 Å². The first kappa shape index (κ1) is 15.4. The Hall–Kier alpha value is -1.01. The van der Waals surface area contributed by atoms with Gasteiger partial charge in [-0.3, -0.25) is 4.68 Å². The molecule has 3 nitrogen and oxygen atoms in total. The van der Waals surface area contributed by atoms with Crippen LogP contribution >= 0.6 is 27.5 Å². The fraction of sp³-hybridized carbons (Fsp3) is 0.385. The molecular weight excluding hydrogens is 352 g/mol. The molecule has 0 aromatic carbocycles. The van der Waals surface area contributed by atoms with E-state index in [0.29, 0.717) is 22.1 Å². The molecule has 0 spiro atoms. The Morgan fingerprint density at radius 3 is 2.40 bits per heavy atom. The molecule has 7 heteroatoms. The van der Waals surface area contributed by atoms with Crippen LogP contribution in [0.5, 0.6) is 0 Å². The summed E-state index contributed by atoms with van der Waals surface area (Å²) in [5.41, 5.74) is 2.17. The molecule has 0 atom stereocenters. The fourth-order valence-electron chi connectivity index (χ4n) is 2.04. The van der Waals surface area contributed by atoms with Crippen molar-refractivity contribution < 1.29 is 8.78 Å². The highest BCUT2D eigenvalue weighted by Crippen LogP contribution is 2.39. The molecule has 0 saturated heterocycles. The molecule has 2 heterocycles. The summed E-state index contributed by atoms with van der Waals surface area (Å²) in [5, 5.41) is 4.70. The highest BCUT2D eigenvalue weighted by Gasteiger charge is 2.34. The summed E-state index contributed by atoms with van der Waals surface area (Å²) in [4.78, 5) is 4.36. The van der Waals surface area contributed by atoms with Gasteiger partial charge >= 0.3 is 0 Å². The molecule has 0 unspecified atom stereocenters. The van der Waals surface area contributed by atoms with E-state index in [9.17, 15) is 8.78 Å². The van der Waals surface area contributed by atoms with Gasteiger partial charge in [0.15, 0.2) is 0 Å². The highest BCUT2D eigenvalue weighted by atomic mass is 79.9. The largest absolute Gasteiger partial charge is 0.287 e. The number of aryl methyl sites for hydroxylation is 3. The summed E-state index contributed by atoms with van der Waals surface area (Å²) < 4.78 is 28.7. The molecule has 0 aliphatic heterocycles. The van der Waals surface area contributed by atoms with E-state index in [2.05, 4.69) is 26.0 Å². The zero-order valence-electron chi connectivity index (χ0n) is 11.4. The summed E-state index contributed by atoms with van der Waals surface area (Å²) in [6.45, 7) is 4.42. The highest BCUT2D eigenvalue weighted by molar-refractivity contribution is 9.10. The lowest BCUT2D eigenvalue weighted by atomic mass is 10.1. The number of rotatable bonds is 2. The van der Waals surface area contributed by atoms with Gasteiger partial charge in [-0.05, 0) is 41.4 Å². The number of aromatic nitrogens is 3. The van der Waals surface area contributed by atoms with Gasteiger partial charge in [0.1, 0.15) is 11.4 Å². The predicted octanol–water partition coefficient (Wildman–Crippen LogP) is 4.63. The van der Waals surface area contributed by atoms with E-state index in [1.165, 1.54) is 11.7 Å². The minimum atomic E-state index is -2.99. The molecule has 2 rings (SSSR count). The third kappa shape index (κ3) is 2.59. The molecule has 20 heavy (non-hydrogen) atoms. The second-order valence-corrected chi connectivity index (χ2v) is 5.94. The maximum absolute atomic E-state index is 13.6. The lowest BCUT2D eigenvalue weighted by Gasteiger charge is -2.10. The first-order valence-electron chi connectivity index (χ1n) is 5.87. The van der Waals surface area contributed by atoms with E-state index in [1.807, 2.05) is 6.92 Å². The van der Waals surface area contributed by atoms with Gasteiger partial charge in [0.2, 0.25) is 0 Å². The first-order chi connectivity index (χ1) is 9.12. The number of pyridine rings is 1. The standard InChI is InChI=1S/C13H13BrClF2N3/c1-6-5-8(15)7(2)18-10(6)11-9(14)12(13(3,16)17)20(4)19-11/h5H,1-4H3. The Morgan fingerprint density at radius 2 is 1.90 bits per heavy atom. The molecule has 0 aliphatic rings. The molecule has 0 bridgehead atoms. The normalized spacial score (nSPS) is 12.0. The van der Waals surface area contributed by atoms with Crippen molar-refractivity contribution in [3.8, 4) is 11.4 Å². The van der Waals surface area contributed by atoms with E-state index in [4.69, 9.17) is 11.6 Å². The van der Waals surface area contributed by atoms with Crippen LogP contribution in [-0.4, -0.2) is 14.8 Å². The Morgan fingerprint density at radius 1 is 1.30 bits per heavy atom. The third-order valence-electron chi connectivity index (χ3n) is 2.97. The summed E-state index contributed by atoms with van der Waals surface area (Å²) in [5.74, 6) is -2.99. The van der Waals surface area contributed by atoms with Gasteiger partial charge in [0.25, 0.3) is 5.92 Å². The molecule has 2 aromatic rings. The van der Waals surface area contributed by atoms with Crippen LogP contribution in [-0.2, 0) is 13.0 Å². The Balaban J connectivity index is 2.70. The van der Waals surface area contributed by atoms with Crippen molar-refractivity contribution in [1.29, 1.82) is 0 Å². The number of nitrogens with zero attached hydrogens (tertiary/aromatic N) is 3. The van der Waals surface area contributed by atoms with Crippen molar-refractivity contribution in [2.45, 2.75) is 26.7 Å². The minimum absolute atomic E-state index is 0.179. The summed E-state index contributed by atoms with van der Waals surface area (Å²) in [6.07, 6.45) is 0. The van der Waals surface area contributed by atoms with E-state index in [0.717, 1.165) is 12.5 Å². The molecule has 0 N–H and O–H groups in total. The predicted molar refractivity (Wildman–Crippen MR) is 78.2 cm³/mol. The fourth-order valence-corrected chi connectivity index (χ4v) is 3.12. The zero-order chi connectivity index (χ0) is 15.2. The molecule has 0 fully saturated rings. The average molecular weight is 365 g/mol. The van der Waals surface area contributed by atoms with Crippen LogP contribution in [0.4, 0.5) is 8.78 Å². The molecule has 0 aliphatic carbocycles. The van der Waals surface area contributed by atoms with E-state index < -0.39 is 5.92 Å². The van der Waals surface area contributed by atoms with E-state index in [-0.39, 0.29) is 10.2 Å². The Kier molecular flexibility index (Phi) is 3.90. The summed E-state index contributed by atoms with van der Waals surface area (Å²) in [7, 11) is 1.49. The number of hydrogen-bond acceptors (Lipinski definition) is 2. The van der Waals surface area contributed by atoms with Crippen molar-refractivity contribution >= 4 is 27.5 Å². The van der Waals surface area contributed by atoms with Gasteiger partial charge in [-0.25, -0.2) is 4.98 Å². The number of hydrogen-bond donors (Lipinski definition) is 0. The molecule has 108 valence electrons. The van der Waals surface area contributed by atoms with Crippen LogP contribution < -0.4 is 0 Å². The molecule has 0 saturated carbocycles. The Labute approximate surface area is 129 Å². The lowest BCUT2D eigenvalue weighted by Crippen LogP contribution is -2.13. The lowest BCUT2D eigenvalue weighted by molar-refractivity contribution is 0.00806. The summed E-state index contributed by atoms with van der Waals surface area (Å²) >= 11 is 9.22. The maximum atomic E-state index is 13.6. The average Bonchev–Trinajstić information content (AvgIpc) is 2.58. The first-order valence-corrected chi connectivity index (χ1v) is 7.05. The smallest absolute Gasteiger partial charge is 0.265 e. The number of alkyl halides is 2. The maximum Gasteiger partial charge on any atom is 0.287 e. The Bertz CT molecular complexity index is 677. The van der Waals surface area contributed by atoms with E-state index in [1.54, 1.807) is 13.0 Å². The molecular formula is C13H13BrClF2N3. The van der Waals surface area contributed by atoms with Gasteiger partial charge < -0.3 is 0 Å². The molecule has 2 aromatic heterocycles. The topological polar surface area (TPSA) is 30.7 Å². The minimum Gasteiger partial charge on any atom is -0.265 e. The van der Waals surface area contributed by atoms with Crippen LogP contribution in [0.25, 0.3) is 11.4 Å². The van der Waals surface area contributed by atoms with Crippen LogP contribution in [0.3, 0.4) is 0 Å². The number of halogens is 4. The quantitative estimate of drug-likeness (QED) is 0.778. The van der Waals surface area contributed by atoms with Crippen molar-refractivity contribution in [3.63, 3.8) is 0 Å². The van der Waals surface area contributed by atoms with Gasteiger partial charge in [0.05, 0.1) is 20.9 Å². The van der Waals surface area contributed by atoms with Crippen molar-refractivity contribution in [3.05, 3.63) is 32.5 Å². The SMILES string of the molecule is Cc1cc(Cl)c(C)nc1-c1nn(C)c(C(C)(F)F)c1Br. The second kappa shape index (κ2) is 5.07. The van der Waals surface area contributed by atoms with Crippen LogP contribution in [0.15, 0.2) is 10.5 Å². The van der Waals surface area contributed by atoms with Crippen LogP contribution in [0.1, 0.15) is 23.9 Å². The van der Waals surface area contributed by atoms with Crippen molar-refractivity contribution in [2.24, 2.45) is 7.05 Å². The summed E-state index contributed by atoms with van der Waals surface area (Å²) in [6, 6.07) is 1.75. The van der Waals surface area contributed by atoms with Crippen LogP contribution in [0.2, 0.25) is 5.02 Å².